The molecule has 5 heteroatoms. The Kier molecular flexibility index (Phi) is 8.51. The Morgan fingerprint density at radius 2 is 2.15 bits per heavy atom. The number of carbonyl (C=O) groups excluding carboxylic acids is 1. The van der Waals surface area contributed by atoms with Crippen LogP contribution in [0.15, 0.2) is 18.7 Å². The molecule has 0 fully saturated rings. The molecule has 5 nitrogen and oxygen atoms in total. The lowest BCUT2D eigenvalue weighted by Crippen LogP contribution is -2.38. The molecule has 20 heavy (non-hydrogen) atoms. The normalized spacial score (nSPS) is 12.1. The minimum absolute atomic E-state index is 0.0504. The number of nitrogens with zero attached hydrogens (tertiary/aromatic N) is 2. The maximum absolute atomic E-state index is 11.7. The summed E-state index contributed by atoms with van der Waals surface area (Å²) in [4.78, 5) is 15.6. The zero-order valence-electron chi connectivity index (χ0n) is 12.8. The quantitative estimate of drug-likeness (QED) is 0.647. The average molecular weight is 280 g/mol. The van der Waals surface area contributed by atoms with E-state index in [9.17, 15) is 4.79 Å². The van der Waals surface area contributed by atoms with E-state index >= 15 is 0 Å². The Labute approximate surface area is 122 Å². The van der Waals surface area contributed by atoms with Crippen molar-refractivity contribution in [1.29, 1.82) is 0 Å². The molecule has 0 saturated carbocycles. The number of rotatable bonds is 10. The monoisotopic (exact) mass is 280 g/mol. The second-order valence-corrected chi connectivity index (χ2v) is 5.21. The van der Waals surface area contributed by atoms with Gasteiger partial charge in [0.25, 0.3) is 0 Å². The topological polar surface area (TPSA) is 59.0 Å². The first kappa shape index (κ1) is 16.5. The molecule has 2 N–H and O–H groups in total. The minimum atomic E-state index is -0.0504. The zero-order valence-corrected chi connectivity index (χ0v) is 12.8. The Morgan fingerprint density at radius 3 is 2.80 bits per heavy atom. The summed E-state index contributed by atoms with van der Waals surface area (Å²) in [5.74, 6) is 0.603. The lowest BCUT2D eigenvalue weighted by atomic mass is 9.99. The van der Waals surface area contributed by atoms with Crippen molar-refractivity contribution in [2.45, 2.75) is 52.5 Å². The van der Waals surface area contributed by atoms with Gasteiger partial charge in [0.1, 0.15) is 0 Å². The van der Waals surface area contributed by atoms with Crippen molar-refractivity contribution in [3.63, 3.8) is 0 Å². The molecule has 1 heterocycles. The molecule has 0 spiro atoms. The van der Waals surface area contributed by atoms with Crippen molar-refractivity contribution in [2.24, 2.45) is 5.92 Å². The van der Waals surface area contributed by atoms with Crippen molar-refractivity contribution >= 4 is 6.03 Å². The molecule has 2 amide bonds. The highest BCUT2D eigenvalue weighted by molar-refractivity contribution is 5.73. The lowest BCUT2D eigenvalue weighted by Gasteiger charge is -2.15. The van der Waals surface area contributed by atoms with Gasteiger partial charge in [-0.05, 0) is 18.8 Å². The molecule has 0 aromatic carbocycles. The smallest absolute Gasteiger partial charge is 0.314 e. The molecule has 1 aromatic rings. The number of amides is 2. The highest BCUT2D eigenvalue weighted by Crippen LogP contribution is 2.10. The number of hydrogen-bond donors (Lipinski definition) is 2. The number of hydrogen-bond acceptors (Lipinski definition) is 2. The van der Waals surface area contributed by atoms with Gasteiger partial charge in [-0.3, -0.25) is 0 Å². The summed E-state index contributed by atoms with van der Waals surface area (Å²) in [6.07, 6.45) is 11.2. The summed E-state index contributed by atoms with van der Waals surface area (Å²) in [6.45, 7) is 6.74. The van der Waals surface area contributed by atoms with Crippen LogP contribution >= 0.6 is 0 Å². The fourth-order valence-corrected chi connectivity index (χ4v) is 2.13. The first-order chi connectivity index (χ1) is 9.76. The van der Waals surface area contributed by atoms with Gasteiger partial charge in [-0.15, -0.1) is 0 Å². The van der Waals surface area contributed by atoms with Crippen molar-refractivity contribution in [1.82, 2.24) is 20.2 Å². The van der Waals surface area contributed by atoms with Gasteiger partial charge >= 0.3 is 6.03 Å². The third kappa shape index (κ3) is 7.16. The number of urea groups is 1. The van der Waals surface area contributed by atoms with Gasteiger partial charge in [-0.1, -0.05) is 33.1 Å². The molecule has 0 bridgehead atoms. The van der Waals surface area contributed by atoms with Gasteiger partial charge in [-0.25, -0.2) is 9.78 Å². The molecule has 0 saturated heterocycles. The second-order valence-electron chi connectivity index (χ2n) is 5.21. The van der Waals surface area contributed by atoms with E-state index in [0.717, 1.165) is 25.9 Å². The largest absolute Gasteiger partial charge is 0.338 e. The Hall–Kier alpha value is -1.52. The van der Waals surface area contributed by atoms with Crippen LogP contribution in [0, 0.1) is 5.92 Å². The van der Waals surface area contributed by atoms with E-state index < -0.39 is 0 Å². The molecule has 0 aliphatic heterocycles. The predicted octanol–water partition coefficient (Wildman–Crippen LogP) is 2.79. The Bertz CT molecular complexity index is 351. The van der Waals surface area contributed by atoms with Crippen LogP contribution in [0.3, 0.4) is 0 Å². The van der Waals surface area contributed by atoms with E-state index in [1.165, 1.54) is 19.3 Å². The molecule has 1 aromatic heterocycles. The van der Waals surface area contributed by atoms with Crippen LogP contribution in [0.5, 0.6) is 0 Å². The maximum Gasteiger partial charge on any atom is 0.314 e. The van der Waals surface area contributed by atoms with Crippen LogP contribution < -0.4 is 10.6 Å². The van der Waals surface area contributed by atoms with Gasteiger partial charge in [0.2, 0.25) is 0 Å². The summed E-state index contributed by atoms with van der Waals surface area (Å²) in [5.41, 5.74) is 0. The first-order valence-corrected chi connectivity index (χ1v) is 7.73. The number of aromatic nitrogens is 2. The maximum atomic E-state index is 11.7. The van der Waals surface area contributed by atoms with Gasteiger partial charge in [0.15, 0.2) is 0 Å². The summed E-state index contributed by atoms with van der Waals surface area (Å²) in [6, 6.07) is -0.0504. The van der Waals surface area contributed by atoms with Crippen LogP contribution in [-0.4, -0.2) is 28.7 Å². The SMILES string of the molecule is CCCC[C@H](CC)CNC(=O)NCCCn1ccnc1. The van der Waals surface area contributed by atoms with Crippen molar-refractivity contribution in [2.75, 3.05) is 13.1 Å². The molecule has 0 aliphatic carbocycles. The number of imidazole rings is 1. The van der Waals surface area contributed by atoms with Crippen molar-refractivity contribution < 1.29 is 4.79 Å². The van der Waals surface area contributed by atoms with Gasteiger partial charge < -0.3 is 15.2 Å². The fraction of sp³-hybridized carbons (Fsp3) is 0.733. The van der Waals surface area contributed by atoms with Crippen molar-refractivity contribution in [3.05, 3.63) is 18.7 Å². The highest BCUT2D eigenvalue weighted by atomic mass is 16.2. The summed E-state index contributed by atoms with van der Waals surface area (Å²) in [5, 5.41) is 5.86. The molecule has 0 unspecified atom stereocenters. The van der Waals surface area contributed by atoms with E-state index in [2.05, 4.69) is 29.5 Å². The van der Waals surface area contributed by atoms with Gasteiger partial charge in [-0.2, -0.15) is 0 Å². The molecule has 114 valence electrons. The molecule has 1 atom stereocenters. The molecule has 1 rings (SSSR count). The molecule has 0 aliphatic rings. The van der Waals surface area contributed by atoms with E-state index in [0.29, 0.717) is 12.5 Å². The fourth-order valence-electron chi connectivity index (χ4n) is 2.13. The van der Waals surface area contributed by atoms with Crippen LogP contribution in [0.2, 0.25) is 0 Å². The Morgan fingerprint density at radius 1 is 1.30 bits per heavy atom. The van der Waals surface area contributed by atoms with Crippen LogP contribution in [0.1, 0.15) is 46.0 Å². The third-order valence-electron chi connectivity index (χ3n) is 3.53. The summed E-state index contributed by atoms with van der Waals surface area (Å²) < 4.78 is 2.01. The van der Waals surface area contributed by atoms with Gasteiger partial charge in [0.05, 0.1) is 6.33 Å². The molecular formula is C15H28N4O. The van der Waals surface area contributed by atoms with E-state index in [1.807, 2.05) is 10.8 Å². The Balaban J connectivity index is 2.04. The minimum Gasteiger partial charge on any atom is -0.338 e. The second kappa shape index (κ2) is 10.3. The summed E-state index contributed by atoms with van der Waals surface area (Å²) in [7, 11) is 0. The lowest BCUT2D eigenvalue weighted by molar-refractivity contribution is 0.238. The van der Waals surface area contributed by atoms with Crippen LogP contribution in [0.25, 0.3) is 0 Å². The van der Waals surface area contributed by atoms with Gasteiger partial charge in [0, 0.05) is 32.0 Å². The predicted molar refractivity (Wildman–Crippen MR) is 81.6 cm³/mol. The standard InChI is InChI=1S/C15H28N4O/c1-3-5-7-14(4-2)12-18-15(20)17-8-6-10-19-11-9-16-13-19/h9,11,13-14H,3-8,10,12H2,1-2H3,(H2,17,18,20)/t14-/m0/s1. The average Bonchev–Trinajstić information content (AvgIpc) is 2.97. The van der Waals surface area contributed by atoms with E-state index in [4.69, 9.17) is 0 Å². The highest BCUT2D eigenvalue weighted by Gasteiger charge is 2.07. The molecular weight excluding hydrogens is 252 g/mol. The zero-order chi connectivity index (χ0) is 14.6. The number of aryl methyl sites for hydroxylation is 1. The van der Waals surface area contributed by atoms with Crippen LogP contribution in [-0.2, 0) is 6.54 Å². The van der Waals surface area contributed by atoms with Crippen molar-refractivity contribution in [3.8, 4) is 0 Å². The van der Waals surface area contributed by atoms with Crippen LogP contribution in [0.4, 0.5) is 4.79 Å². The van der Waals surface area contributed by atoms with E-state index in [1.54, 1.807) is 12.5 Å². The number of nitrogens with one attached hydrogen (secondary N) is 2. The number of carbonyl (C=O) groups is 1. The molecule has 0 radical (unpaired) electrons. The number of unbranched alkanes of at least 4 members (excludes halogenated alkanes) is 1. The summed E-state index contributed by atoms with van der Waals surface area (Å²) >= 11 is 0. The third-order valence-corrected chi connectivity index (χ3v) is 3.53. The van der Waals surface area contributed by atoms with E-state index in [-0.39, 0.29) is 6.03 Å². The first-order valence-electron chi connectivity index (χ1n) is 7.73.